The summed E-state index contributed by atoms with van der Waals surface area (Å²) in [6.45, 7) is 10.2. The van der Waals surface area contributed by atoms with E-state index in [0.717, 1.165) is 32.4 Å². The van der Waals surface area contributed by atoms with Crippen LogP contribution in [0.3, 0.4) is 0 Å². The van der Waals surface area contributed by atoms with E-state index >= 15 is 0 Å². The Morgan fingerprint density at radius 1 is 1.31 bits per heavy atom. The van der Waals surface area contributed by atoms with E-state index in [2.05, 4.69) is 12.2 Å². The SMILES string of the molecule is CC1(CCC(=O)OC(C)(C)C)CCNCC1. The van der Waals surface area contributed by atoms with Crippen molar-refractivity contribution in [2.24, 2.45) is 5.41 Å². The summed E-state index contributed by atoms with van der Waals surface area (Å²) in [5, 5.41) is 3.35. The predicted molar refractivity (Wildman–Crippen MR) is 65.3 cm³/mol. The average Bonchev–Trinajstić information content (AvgIpc) is 2.14. The zero-order valence-electron chi connectivity index (χ0n) is 11.1. The van der Waals surface area contributed by atoms with Crippen molar-refractivity contribution in [3.05, 3.63) is 0 Å². The van der Waals surface area contributed by atoms with Crippen LogP contribution in [-0.4, -0.2) is 24.7 Å². The van der Waals surface area contributed by atoms with E-state index in [-0.39, 0.29) is 11.6 Å². The molecule has 1 rings (SSSR count). The van der Waals surface area contributed by atoms with Crippen LogP contribution in [0.4, 0.5) is 0 Å². The molecule has 0 unspecified atom stereocenters. The minimum Gasteiger partial charge on any atom is -0.460 e. The molecule has 0 aromatic heterocycles. The molecule has 0 saturated carbocycles. The first-order valence-electron chi connectivity index (χ1n) is 6.23. The summed E-state index contributed by atoms with van der Waals surface area (Å²) in [6, 6.07) is 0. The number of hydrogen-bond acceptors (Lipinski definition) is 3. The smallest absolute Gasteiger partial charge is 0.306 e. The van der Waals surface area contributed by atoms with Gasteiger partial charge in [0, 0.05) is 6.42 Å². The quantitative estimate of drug-likeness (QED) is 0.753. The molecule has 0 aromatic rings. The Labute approximate surface area is 98.9 Å². The maximum absolute atomic E-state index is 11.6. The molecule has 0 atom stereocenters. The third-order valence-corrected chi connectivity index (χ3v) is 3.16. The Kier molecular flexibility index (Phi) is 4.36. The Balaban J connectivity index is 2.30. The van der Waals surface area contributed by atoms with Crippen LogP contribution in [-0.2, 0) is 9.53 Å². The second kappa shape index (κ2) is 5.17. The van der Waals surface area contributed by atoms with Gasteiger partial charge in [-0.2, -0.15) is 0 Å². The Morgan fingerprint density at radius 2 is 1.88 bits per heavy atom. The van der Waals surface area contributed by atoms with Gasteiger partial charge in [0.2, 0.25) is 0 Å². The molecule has 1 saturated heterocycles. The van der Waals surface area contributed by atoms with E-state index in [9.17, 15) is 4.79 Å². The zero-order valence-corrected chi connectivity index (χ0v) is 11.1. The molecule has 0 aromatic carbocycles. The van der Waals surface area contributed by atoms with Gasteiger partial charge < -0.3 is 10.1 Å². The number of piperidine rings is 1. The van der Waals surface area contributed by atoms with Crippen LogP contribution in [0.25, 0.3) is 0 Å². The summed E-state index contributed by atoms with van der Waals surface area (Å²) in [6.07, 6.45) is 3.82. The number of hydrogen-bond donors (Lipinski definition) is 1. The zero-order chi connectivity index (χ0) is 12.2. The lowest BCUT2D eigenvalue weighted by Gasteiger charge is -2.34. The Morgan fingerprint density at radius 3 is 2.38 bits per heavy atom. The van der Waals surface area contributed by atoms with Crippen LogP contribution in [0.15, 0.2) is 0 Å². The monoisotopic (exact) mass is 227 g/mol. The van der Waals surface area contributed by atoms with Gasteiger partial charge in [-0.1, -0.05) is 6.92 Å². The third-order valence-electron chi connectivity index (χ3n) is 3.16. The van der Waals surface area contributed by atoms with Crippen molar-refractivity contribution in [1.82, 2.24) is 5.32 Å². The molecule has 3 nitrogen and oxygen atoms in total. The summed E-state index contributed by atoms with van der Waals surface area (Å²) >= 11 is 0. The highest BCUT2D eigenvalue weighted by Crippen LogP contribution is 2.33. The number of carbonyl (C=O) groups excluding carboxylic acids is 1. The molecular weight excluding hydrogens is 202 g/mol. The van der Waals surface area contributed by atoms with Crippen LogP contribution in [0.1, 0.15) is 53.4 Å². The van der Waals surface area contributed by atoms with E-state index in [0.29, 0.717) is 11.8 Å². The minimum absolute atomic E-state index is 0.0627. The van der Waals surface area contributed by atoms with Crippen LogP contribution >= 0.6 is 0 Å². The molecule has 1 aliphatic heterocycles. The molecule has 1 heterocycles. The van der Waals surface area contributed by atoms with Crippen LogP contribution < -0.4 is 5.32 Å². The fraction of sp³-hybridized carbons (Fsp3) is 0.923. The normalized spacial score (nSPS) is 20.5. The van der Waals surface area contributed by atoms with E-state index in [1.54, 1.807) is 0 Å². The second-order valence-electron chi connectivity index (χ2n) is 6.15. The number of ether oxygens (including phenoxy) is 1. The van der Waals surface area contributed by atoms with Crippen LogP contribution in [0.2, 0.25) is 0 Å². The largest absolute Gasteiger partial charge is 0.460 e. The van der Waals surface area contributed by atoms with Crippen molar-refractivity contribution in [3.63, 3.8) is 0 Å². The van der Waals surface area contributed by atoms with Gasteiger partial charge in [0.25, 0.3) is 0 Å². The highest BCUT2D eigenvalue weighted by molar-refractivity contribution is 5.69. The lowest BCUT2D eigenvalue weighted by Crippen LogP contribution is -2.35. The molecule has 1 fully saturated rings. The van der Waals surface area contributed by atoms with E-state index in [1.165, 1.54) is 0 Å². The highest BCUT2D eigenvalue weighted by atomic mass is 16.6. The molecule has 16 heavy (non-hydrogen) atoms. The molecule has 3 heteroatoms. The number of carbonyl (C=O) groups is 1. The Hall–Kier alpha value is -0.570. The fourth-order valence-corrected chi connectivity index (χ4v) is 2.08. The molecule has 0 spiro atoms. The molecule has 0 aliphatic carbocycles. The first-order valence-corrected chi connectivity index (χ1v) is 6.23. The highest BCUT2D eigenvalue weighted by Gasteiger charge is 2.28. The van der Waals surface area contributed by atoms with Gasteiger partial charge in [0.1, 0.15) is 5.60 Å². The van der Waals surface area contributed by atoms with Crippen molar-refractivity contribution in [3.8, 4) is 0 Å². The minimum atomic E-state index is -0.355. The van der Waals surface area contributed by atoms with E-state index in [4.69, 9.17) is 4.74 Å². The van der Waals surface area contributed by atoms with Gasteiger partial charge in [-0.3, -0.25) is 4.79 Å². The lowest BCUT2D eigenvalue weighted by molar-refractivity contribution is -0.155. The van der Waals surface area contributed by atoms with Crippen LogP contribution in [0, 0.1) is 5.41 Å². The first kappa shape index (κ1) is 13.5. The number of esters is 1. The molecular formula is C13H25NO2. The fourth-order valence-electron chi connectivity index (χ4n) is 2.08. The van der Waals surface area contributed by atoms with Gasteiger partial charge in [-0.25, -0.2) is 0 Å². The van der Waals surface area contributed by atoms with Crippen molar-refractivity contribution in [2.45, 2.75) is 59.0 Å². The number of rotatable bonds is 3. The van der Waals surface area contributed by atoms with Gasteiger partial charge in [0.15, 0.2) is 0 Å². The topological polar surface area (TPSA) is 38.3 Å². The summed E-state index contributed by atoms with van der Waals surface area (Å²) in [5.41, 5.74) is -0.0335. The summed E-state index contributed by atoms with van der Waals surface area (Å²) in [7, 11) is 0. The van der Waals surface area contributed by atoms with Crippen molar-refractivity contribution in [2.75, 3.05) is 13.1 Å². The molecule has 1 N–H and O–H groups in total. The van der Waals surface area contributed by atoms with Gasteiger partial charge in [-0.15, -0.1) is 0 Å². The lowest BCUT2D eigenvalue weighted by atomic mass is 9.77. The van der Waals surface area contributed by atoms with Gasteiger partial charge in [0.05, 0.1) is 0 Å². The van der Waals surface area contributed by atoms with E-state index < -0.39 is 0 Å². The van der Waals surface area contributed by atoms with Gasteiger partial charge >= 0.3 is 5.97 Å². The maximum Gasteiger partial charge on any atom is 0.306 e. The van der Waals surface area contributed by atoms with Crippen LogP contribution in [0.5, 0.6) is 0 Å². The standard InChI is InChI=1S/C13H25NO2/c1-12(2,3)16-11(15)5-6-13(4)7-9-14-10-8-13/h14H,5-10H2,1-4H3. The molecule has 0 bridgehead atoms. The molecule has 0 amide bonds. The van der Waals surface area contributed by atoms with E-state index in [1.807, 2.05) is 20.8 Å². The molecule has 94 valence electrons. The average molecular weight is 227 g/mol. The summed E-state index contributed by atoms with van der Waals surface area (Å²) < 4.78 is 5.32. The number of nitrogens with one attached hydrogen (secondary N) is 1. The Bertz CT molecular complexity index is 237. The van der Waals surface area contributed by atoms with Gasteiger partial charge in [-0.05, 0) is 58.5 Å². The molecule has 0 radical (unpaired) electrons. The van der Waals surface area contributed by atoms with Crippen molar-refractivity contribution in [1.29, 1.82) is 0 Å². The first-order chi connectivity index (χ1) is 7.31. The summed E-state index contributed by atoms with van der Waals surface area (Å²) in [4.78, 5) is 11.6. The van der Waals surface area contributed by atoms with Crippen molar-refractivity contribution < 1.29 is 9.53 Å². The second-order valence-corrected chi connectivity index (χ2v) is 6.15. The van der Waals surface area contributed by atoms with Crippen molar-refractivity contribution >= 4 is 5.97 Å². The third kappa shape index (κ3) is 4.97. The maximum atomic E-state index is 11.6. The summed E-state index contributed by atoms with van der Waals surface area (Å²) in [5.74, 6) is -0.0627. The molecule has 1 aliphatic rings. The predicted octanol–water partition coefficient (Wildman–Crippen LogP) is 2.50.